The average molecular weight is 339 g/mol. The van der Waals surface area contributed by atoms with E-state index in [1.54, 1.807) is 22.7 Å². The first-order valence-electron chi connectivity index (χ1n) is 5.61. The zero-order chi connectivity index (χ0) is 12.5. The van der Waals surface area contributed by atoms with Gasteiger partial charge in [-0.2, -0.15) is 0 Å². The van der Waals surface area contributed by atoms with Gasteiger partial charge in [0.15, 0.2) is 0 Å². The summed E-state index contributed by atoms with van der Waals surface area (Å²) in [6.07, 6.45) is 0.253. The second-order valence-corrected chi connectivity index (χ2v) is 6.96. The van der Waals surface area contributed by atoms with Gasteiger partial charge in [0.2, 0.25) is 0 Å². The molecule has 92 valence electrons. The van der Waals surface area contributed by atoms with Crippen molar-refractivity contribution in [2.45, 2.75) is 12.5 Å². The van der Waals surface area contributed by atoms with Gasteiger partial charge in [0.05, 0.1) is 6.10 Å². The second kappa shape index (κ2) is 5.13. The van der Waals surface area contributed by atoms with Crippen LogP contribution in [0.15, 0.2) is 45.6 Å². The smallest absolute Gasteiger partial charge is 0.0852 e. The first-order chi connectivity index (χ1) is 8.74. The van der Waals surface area contributed by atoms with Crippen LogP contribution >= 0.6 is 38.6 Å². The van der Waals surface area contributed by atoms with E-state index < -0.39 is 6.10 Å². The van der Waals surface area contributed by atoms with Crippen molar-refractivity contribution in [1.29, 1.82) is 0 Å². The van der Waals surface area contributed by atoms with Crippen LogP contribution in [0.1, 0.15) is 16.5 Å². The molecule has 0 aliphatic heterocycles. The number of halogens is 1. The van der Waals surface area contributed by atoms with Crippen molar-refractivity contribution in [3.8, 4) is 0 Å². The van der Waals surface area contributed by atoms with Crippen molar-refractivity contribution in [3.63, 3.8) is 0 Å². The van der Waals surface area contributed by atoms with Crippen molar-refractivity contribution in [2.75, 3.05) is 0 Å². The number of hydrogen-bond acceptors (Lipinski definition) is 3. The minimum atomic E-state index is -0.424. The molecule has 0 fully saturated rings. The molecule has 0 bridgehead atoms. The summed E-state index contributed by atoms with van der Waals surface area (Å²) in [4.78, 5) is 1.20. The molecule has 1 unspecified atom stereocenters. The molecular weight excluding hydrogens is 328 g/mol. The van der Waals surface area contributed by atoms with Gasteiger partial charge in [0.1, 0.15) is 0 Å². The van der Waals surface area contributed by atoms with Gasteiger partial charge < -0.3 is 5.11 Å². The molecule has 2 heterocycles. The van der Waals surface area contributed by atoms with Gasteiger partial charge in [0, 0.05) is 25.9 Å². The first kappa shape index (κ1) is 12.4. The fourth-order valence-electron chi connectivity index (χ4n) is 2.02. The largest absolute Gasteiger partial charge is 0.388 e. The second-order valence-electron chi connectivity index (χ2n) is 4.14. The maximum Gasteiger partial charge on any atom is 0.0852 e. The van der Waals surface area contributed by atoms with E-state index in [0.29, 0.717) is 6.42 Å². The van der Waals surface area contributed by atoms with Crippen LogP contribution in [-0.4, -0.2) is 5.11 Å². The Balaban J connectivity index is 1.90. The third kappa shape index (κ3) is 2.38. The van der Waals surface area contributed by atoms with E-state index in [2.05, 4.69) is 39.5 Å². The average Bonchev–Trinajstić information content (AvgIpc) is 2.95. The van der Waals surface area contributed by atoms with Crippen LogP contribution in [0, 0.1) is 0 Å². The SMILES string of the molecule is OC(Cc1cc(Br)cs1)c1csc2ccccc12. The summed E-state index contributed by atoms with van der Waals surface area (Å²) in [5.41, 5.74) is 1.04. The summed E-state index contributed by atoms with van der Waals surface area (Å²) >= 11 is 6.81. The van der Waals surface area contributed by atoms with E-state index in [1.807, 2.05) is 17.5 Å². The molecular formula is C14H11BrOS2. The monoisotopic (exact) mass is 338 g/mol. The normalized spacial score (nSPS) is 13.0. The Hall–Kier alpha value is -0.680. The van der Waals surface area contributed by atoms with E-state index in [-0.39, 0.29) is 0 Å². The summed E-state index contributed by atoms with van der Waals surface area (Å²) in [6.45, 7) is 0. The predicted octanol–water partition coefficient (Wildman–Crippen LogP) is 5.00. The molecule has 1 nitrogen and oxygen atoms in total. The molecule has 0 saturated carbocycles. The number of thiophene rings is 2. The molecule has 0 radical (unpaired) electrons. The molecule has 0 spiro atoms. The molecule has 1 N–H and O–H groups in total. The lowest BCUT2D eigenvalue weighted by Gasteiger charge is -2.08. The van der Waals surface area contributed by atoms with Crippen molar-refractivity contribution >= 4 is 48.7 Å². The van der Waals surface area contributed by atoms with E-state index in [4.69, 9.17) is 0 Å². The Morgan fingerprint density at radius 1 is 1.17 bits per heavy atom. The van der Waals surface area contributed by atoms with Gasteiger partial charge in [-0.1, -0.05) is 18.2 Å². The number of aliphatic hydroxyl groups excluding tert-OH is 1. The highest BCUT2D eigenvalue weighted by atomic mass is 79.9. The highest BCUT2D eigenvalue weighted by Gasteiger charge is 2.14. The molecule has 3 rings (SSSR count). The van der Waals surface area contributed by atoms with Gasteiger partial charge in [-0.25, -0.2) is 0 Å². The standard InChI is InChI=1S/C14H11BrOS2/c15-9-5-10(17-7-9)6-13(16)12-8-18-14-4-2-1-3-11(12)14/h1-5,7-8,13,16H,6H2. The van der Waals surface area contributed by atoms with Gasteiger partial charge in [0.25, 0.3) is 0 Å². The maximum absolute atomic E-state index is 10.4. The summed E-state index contributed by atoms with van der Waals surface area (Å²) in [5, 5.41) is 15.7. The first-order valence-corrected chi connectivity index (χ1v) is 8.16. The summed E-state index contributed by atoms with van der Waals surface area (Å²) in [5.74, 6) is 0. The van der Waals surface area contributed by atoms with E-state index in [1.165, 1.54) is 15.0 Å². The third-order valence-corrected chi connectivity index (χ3v) is 5.59. The van der Waals surface area contributed by atoms with Crippen LogP contribution in [0.5, 0.6) is 0 Å². The predicted molar refractivity (Wildman–Crippen MR) is 82.5 cm³/mol. The summed E-state index contributed by atoms with van der Waals surface area (Å²) < 4.78 is 2.32. The molecule has 2 aromatic heterocycles. The molecule has 0 aliphatic carbocycles. The van der Waals surface area contributed by atoms with Crippen LogP contribution < -0.4 is 0 Å². The molecule has 3 aromatic rings. The molecule has 0 aliphatic rings. The molecule has 1 aromatic carbocycles. The fourth-order valence-corrected chi connectivity index (χ4v) is 4.52. The van der Waals surface area contributed by atoms with Gasteiger partial charge in [-0.05, 0) is 44.4 Å². The van der Waals surface area contributed by atoms with Gasteiger partial charge in [-0.15, -0.1) is 22.7 Å². The van der Waals surface area contributed by atoms with Crippen molar-refractivity contribution in [2.24, 2.45) is 0 Å². The highest BCUT2D eigenvalue weighted by Crippen LogP contribution is 2.33. The molecule has 0 amide bonds. The Morgan fingerprint density at radius 3 is 2.78 bits per heavy atom. The lowest BCUT2D eigenvalue weighted by atomic mass is 10.1. The van der Waals surface area contributed by atoms with Gasteiger partial charge in [-0.3, -0.25) is 0 Å². The van der Waals surface area contributed by atoms with Crippen LogP contribution in [0.25, 0.3) is 10.1 Å². The zero-order valence-electron chi connectivity index (χ0n) is 9.47. The minimum absolute atomic E-state index is 0.424. The summed E-state index contributed by atoms with van der Waals surface area (Å²) in [6, 6.07) is 10.3. The highest BCUT2D eigenvalue weighted by molar-refractivity contribution is 9.10. The Bertz CT molecular complexity index is 671. The molecule has 18 heavy (non-hydrogen) atoms. The zero-order valence-corrected chi connectivity index (χ0v) is 12.7. The third-order valence-electron chi connectivity index (χ3n) is 2.89. The molecule has 4 heteroatoms. The van der Waals surface area contributed by atoms with Crippen LogP contribution in [0.3, 0.4) is 0 Å². The van der Waals surface area contributed by atoms with Crippen LogP contribution in [0.2, 0.25) is 0 Å². The number of benzene rings is 1. The van der Waals surface area contributed by atoms with Crippen LogP contribution in [0.4, 0.5) is 0 Å². The Morgan fingerprint density at radius 2 is 2.00 bits per heavy atom. The Labute approximate surface area is 122 Å². The molecule has 1 atom stereocenters. The number of rotatable bonds is 3. The van der Waals surface area contributed by atoms with E-state index >= 15 is 0 Å². The number of aliphatic hydroxyl groups is 1. The lowest BCUT2D eigenvalue weighted by molar-refractivity contribution is 0.181. The quantitative estimate of drug-likeness (QED) is 0.712. The number of fused-ring (bicyclic) bond motifs is 1. The van der Waals surface area contributed by atoms with Gasteiger partial charge >= 0.3 is 0 Å². The van der Waals surface area contributed by atoms with Crippen LogP contribution in [-0.2, 0) is 6.42 Å². The molecule has 0 saturated heterocycles. The van der Waals surface area contributed by atoms with Crippen molar-refractivity contribution in [1.82, 2.24) is 0 Å². The van der Waals surface area contributed by atoms with Crippen molar-refractivity contribution in [3.05, 3.63) is 56.0 Å². The minimum Gasteiger partial charge on any atom is -0.388 e. The lowest BCUT2D eigenvalue weighted by Crippen LogP contribution is -1.99. The summed E-state index contributed by atoms with van der Waals surface area (Å²) in [7, 11) is 0. The Kier molecular flexibility index (Phi) is 3.52. The maximum atomic E-state index is 10.4. The number of hydrogen-bond donors (Lipinski definition) is 1. The topological polar surface area (TPSA) is 20.2 Å². The van der Waals surface area contributed by atoms with E-state index in [9.17, 15) is 5.11 Å². The fraction of sp³-hybridized carbons (Fsp3) is 0.143. The van der Waals surface area contributed by atoms with E-state index in [0.717, 1.165) is 10.0 Å². The van der Waals surface area contributed by atoms with Crippen molar-refractivity contribution < 1.29 is 5.11 Å².